The molecule has 4 aliphatic heterocycles. The van der Waals surface area contributed by atoms with Crippen molar-refractivity contribution >= 4 is 58.2 Å². The maximum absolute atomic E-state index is 13.9. The van der Waals surface area contributed by atoms with Crippen LogP contribution in [-0.4, -0.2) is 155 Å². The number of hydrogen-bond acceptors (Lipinski definition) is 11. The Morgan fingerprint density at radius 1 is 0.331 bits per heavy atom. The van der Waals surface area contributed by atoms with E-state index in [0.717, 1.165) is 173 Å². The van der Waals surface area contributed by atoms with Gasteiger partial charge in [0.25, 0.3) is 0 Å². The summed E-state index contributed by atoms with van der Waals surface area (Å²) in [4.78, 5) is 83.0. The highest BCUT2D eigenvalue weighted by Crippen LogP contribution is 2.38. The van der Waals surface area contributed by atoms with Gasteiger partial charge in [-0.05, 0) is 183 Å². The molecule has 0 radical (unpaired) electrons. The lowest BCUT2D eigenvalue weighted by atomic mass is 10.0. The summed E-state index contributed by atoms with van der Waals surface area (Å²) in [5, 5.41) is 9.97. The second kappa shape index (κ2) is 48.4. The predicted octanol–water partition coefficient (Wildman–Crippen LogP) is 24.7. The second-order valence-corrected chi connectivity index (χ2v) is 35.8. The molecule has 19 nitrogen and oxygen atoms in total. The minimum absolute atomic E-state index is 0.0906. The van der Waals surface area contributed by atoms with Crippen LogP contribution in [0.2, 0.25) is 0 Å². The van der Waals surface area contributed by atoms with Gasteiger partial charge in [-0.1, -0.05) is 158 Å². The Hall–Kier alpha value is -13.2. The molecule has 0 atom stereocenters. The number of amides is 8. The van der Waals surface area contributed by atoms with Crippen LogP contribution in [0.5, 0.6) is 0 Å². The van der Waals surface area contributed by atoms with Gasteiger partial charge in [0.05, 0.1) is 34.5 Å². The quantitative estimate of drug-likeness (QED) is 0.0365. The van der Waals surface area contributed by atoms with Gasteiger partial charge in [0.2, 0.25) is 0 Å². The number of nitrogens with zero attached hydrogens (tertiary/aromatic N) is 10. The van der Waals surface area contributed by atoms with Crippen molar-refractivity contribution in [2.45, 2.75) is 160 Å². The molecule has 0 spiro atoms. The number of H-pyrrole nitrogens is 1. The van der Waals surface area contributed by atoms with Crippen LogP contribution in [0.25, 0.3) is 0 Å². The third-order valence-electron chi connectivity index (χ3n) is 24.2. The van der Waals surface area contributed by atoms with Crippen LogP contribution in [0.15, 0.2) is 273 Å². The highest BCUT2D eigenvalue weighted by atomic mass is 32.1. The number of halogens is 16. The summed E-state index contributed by atoms with van der Waals surface area (Å²) in [6.45, 7) is 12.5. The Kier molecular flexibility index (Phi) is 36.0. The number of urea groups is 4. The van der Waals surface area contributed by atoms with Crippen molar-refractivity contribution in [3.63, 3.8) is 0 Å². The Morgan fingerprint density at radius 2 is 0.612 bits per heavy atom. The number of thiophene rings is 1. The zero-order valence-corrected chi connectivity index (χ0v) is 76.6. The topological polar surface area (TPSA) is 184 Å². The van der Waals surface area contributed by atoms with Crippen molar-refractivity contribution in [3.8, 4) is 0 Å². The highest BCUT2D eigenvalue weighted by molar-refractivity contribution is 7.11. The predicted molar refractivity (Wildman–Crippen MR) is 501 cm³/mol. The lowest BCUT2D eigenvalue weighted by molar-refractivity contribution is -0.138. The van der Waals surface area contributed by atoms with Gasteiger partial charge in [0.1, 0.15) is 29.1 Å². The molecule has 0 bridgehead atoms. The van der Waals surface area contributed by atoms with E-state index in [1.807, 2.05) is 158 Å². The van der Waals surface area contributed by atoms with E-state index in [0.29, 0.717) is 82.7 Å². The van der Waals surface area contributed by atoms with Gasteiger partial charge in [0.15, 0.2) is 0 Å². The van der Waals surface area contributed by atoms with E-state index in [2.05, 4.69) is 87.0 Å². The number of aromatic nitrogens is 3. The largest absolute Gasteiger partial charge is 0.416 e. The van der Waals surface area contributed by atoms with E-state index in [9.17, 15) is 89.4 Å². The van der Waals surface area contributed by atoms with Crippen LogP contribution < -0.4 is 21.3 Å². The molecule has 5 N–H and O–H groups in total. The maximum Gasteiger partial charge on any atom is 0.416 e. The molecule has 0 saturated carbocycles. The Labute approximate surface area is 798 Å². The van der Waals surface area contributed by atoms with Crippen LogP contribution in [0, 0.1) is 30.2 Å². The molecule has 8 amide bonds. The summed E-state index contributed by atoms with van der Waals surface area (Å²) in [6, 6.07) is 63.3. The summed E-state index contributed by atoms with van der Waals surface area (Å²) >= 11 is 1.77. The molecule has 9 aromatic carbocycles. The average molecular weight is 1950 g/mol. The molecule has 4 fully saturated rings. The maximum atomic E-state index is 13.9. The number of benzene rings is 9. The van der Waals surface area contributed by atoms with Gasteiger partial charge in [0, 0.05) is 173 Å². The van der Waals surface area contributed by atoms with E-state index in [4.69, 9.17) is 0 Å². The molecule has 139 heavy (non-hydrogen) atoms. The van der Waals surface area contributed by atoms with Gasteiger partial charge >= 0.3 is 48.8 Å². The van der Waals surface area contributed by atoms with Crippen LogP contribution in [0.3, 0.4) is 0 Å². The first-order valence-electron chi connectivity index (χ1n) is 45.3. The first kappa shape index (κ1) is 103. The standard InChI is InChI=1S/C27H27F4N3O.C26H26F4N4O.C26H27F4N3OS.C24H25F4N5O/c28-23-15-22(27(29,30)31)16-24(17-23)32-26(35)34(19-21-9-5-2-6-10-21)25-11-13-33(14-12-25)18-20-7-3-1-4-8-20;27-21-14-20(26(28,29)30)15-23(16-21)32-25(35)34(17-19-6-2-1-3-7-19)24-9-12-33(13-10-24)18-22-8-4-5-11-31-22;1-18-7-8-24(35-18)17-32-11-9-23(10-12-32)33(16-19-5-3-2-4-6-19)25(34)31-22-14-20(26(28,29)30)13-21(27)15-22;25-19-12-18(24(26,27)28)13-20(14-19)31-23(34)33(15-17-4-2-1-3-5-17)21-6-10-32(11-7-21)16-22-29-8-9-30-22/h1-10,15-17,25H,11-14,18-19H2,(H,32,35);1-8,11,14-16,24H,9-10,12-13,17-18H2,(H,32,35);2-8,13-15,23H,9-12,16-17H2,1H3,(H,31,34);1-5,8-9,12-14,21H,6-7,10-11,15-16H2,(H,29,30)(H,31,34). The summed E-state index contributed by atoms with van der Waals surface area (Å²) < 4.78 is 213. The number of rotatable bonds is 24. The lowest BCUT2D eigenvalue weighted by Crippen LogP contribution is -2.48. The van der Waals surface area contributed by atoms with Gasteiger partial charge in [-0.15, -0.1) is 11.3 Å². The van der Waals surface area contributed by atoms with Crippen molar-refractivity contribution in [2.24, 2.45) is 0 Å². The molecule has 36 heteroatoms. The van der Waals surface area contributed by atoms with Crippen molar-refractivity contribution in [3.05, 3.63) is 368 Å². The third kappa shape index (κ3) is 31.9. The number of pyridine rings is 1. The number of alkyl halides is 12. The summed E-state index contributed by atoms with van der Waals surface area (Å²) in [5.41, 5.74) is 0.322. The number of likely N-dealkylation sites (tertiary alicyclic amines) is 4. The molecule has 12 aromatic rings. The van der Waals surface area contributed by atoms with Crippen LogP contribution in [0.1, 0.15) is 123 Å². The van der Waals surface area contributed by atoms with Gasteiger partial charge < -0.3 is 45.9 Å². The minimum Gasteiger partial charge on any atom is -0.348 e. The molecule has 0 aliphatic carbocycles. The molecule has 3 aromatic heterocycles. The molecule has 16 rings (SSSR count). The fourth-order valence-corrected chi connectivity index (χ4v) is 18.1. The molecular formula is C103H105F16N15O4S. The Bertz CT molecular complexity index is 5710. The third-order valence-corrected chi connectivity index (χ3v) is 25.2. The number of carbonyl (C=O) groups excluding carboxylic acids is 4. The van der Waals surface area contributed by atoms with Gasteiger partial charge in [-0.25, -0.2) is 41.7 Å². The highest BCUT2D eigenvalue weighted by Gasteiger charge is 2.39. The number of anilines is 4. The van der Waals surface area contributed by atoms with Crippen LogP contribution in [-0.2, 0) is 77.1 Å². The van der Waals surface area contributed by atoms with Gasteiger partial charge in [-0.3, -0.25) is 24.6 Å². The van der Waals surface area contributed by atoms with Crippen molar-refractivity contribution < 1.29 is 89.4 Å². The first-order valence-corrected chi connectivity index (χ1v) is 46.2. The summed E-state index contributed by atoms with van der Waals surface area (Å²) in [7, 11) is 0. The number of nitrogens with one attached hydrogen (secondary N) is 5. The van der Waals surface area contributed by atoms with E-state index in [1.54, 1.807) is 49.5 Å². The van der Waals surface area contributed by atoms with Crippen molar-refractivity contribution in [1.29, 1.82) is 0 Å². The first-order chi connectivity index (χ1) is 66.5. The van der Waals surface area contributed by atoms with Crippen molar-refractivity contribution in [2.75, 3.05) is 73.6 Å². The van der Waals surface area contributed by atoms with Crippen LogP contribution in [0.4, 0.5) is 112 Å². The monoisotopic (exact) mass is 1950 g/mol. The molecule has 4 aliphatic rings. The smallest absolute Gasteiger partial charge is 0.348 e. The van der Waals surface area contributed by atoms with E-state index in [-0.39, 0.29) is 53.5 Å². The number of aryl methyl sites for hydroxylation is 1. The minimum atomic E-state index is -4.72. The van der Waals surface area contributed by atoms with Crippen LogP contribution >= 0.6 is 11.3 Å². The number of hydrogen-bond donors (Lipinski definition) is 5. The van der Waals surface area contributed by atoms with E-state index < -0.39 is 94.4 Å². The summed E-state index contributed by atoms with van der Waals surface area (Å²) in [5.74, 6) is -3.37. The van der Waals surface area contributed by atoms with Gasteiger partial charge in [-0.2, -0.15) is 52.7 Å². The molecule has 734 valence electrons. The number of imidazole rings is 1. The number of aromatic amines is 1. The zero-order chi connectivity index (χ0) is 98.8. The Morgan fingerprint density at radius 3 is 0.878 bits per heavy atom. The molecular weight excluding hydrogens is 1850 g/mol. The molecule has 0 unspecified atom stereocenters. The SMILES string of the molecule is Cc1ccc(CN2CCC(N(Cc3ccccc3)C(=O)Nc3cc(F)cc(C(F)(F)F)c3)CC2)s1.O=C(Nc1cc(F)cc(C(F)(F)F)c1)N(Cc1ccccc1)C1CCN(Cc2ccccc2)CC1.O=C(Nc1cc(F)cc(C(F)(F)F)c1)N(Cc1ccccc1)C1CCN(Cc2ccccn2)CC1.O=C(Nc1cc(F)cc(C(F)(F)F)c1)N(Cc1ccccc1)C1CCN(Cc2ncc[nH]2)CC1. The summed E-state index contributed by atoms with van der Waals surface area (Å²) in [6.07, 6.45) is -7.92. The fraction of sp³-hybridized carbons (Fsp3) is 0.320. The second-order valence-electron chi connectivity index (χ2n) is 34.5. The fourth-order valence-electron chi connectivity index (χ4n) is 17.2. The Balaban J connectivity index is 0.000000156. The van der Waals surface area contributed by atoms with E-state index in [1.165, 1.54) is 15.3 Å². The number of carbonyl (C=O) groups is 4. The number of piperidine rings is 4. The van der Waals surface area contributed by atoms with Crippen molar-refractivity contribution in [1.82, 2.24) is 54.2 Å². The normalized spacial score (nSPS) is 15.2. The zero-order valence-electron chi connectivity index (χ0n) is 75.8. The lowest BCUT2D eigenvalue weighted by Gasteiger charge is -2.38. The van der Waals surface area contributed by atoms with E-state index >= 15 is 0 Å². The average Bonchev–Trinajstić information content (AvgIpc) is 0.874. The molecule has 7 heterocycles. The molecule has 4 saturated heterocycles.